The van der Waals surface area contributed by atoms with Crippen LogP contribution in [0.2, 0.25) is 5.02 Å². The third-order valence-corrected chi connectivity index (χ3v) is 5.32. The number of halogens is 1. The highest BCUT2D eigenvalue weighted by atomic mass is 35.5. The maximum atomic E-state index is 11.4. The van der Waals surface area contributed by atoms with Crippen LogP contribution in [-0.2, 0) is 0 Å². The predicted octanol–water partition coefficient (Wildman–Crippen LogP) is 1.28. The minimum atomic E-state index is -0.504. The Hall–Kier alpha value is -3.66. The number of aromatic nitrogens is 6. The molecule has 1 fully saturated rings. The number of aromatic hydroxyl groups is 1. The number of anilines is 1. The van der Waals surface area contributed by atoms with Gasteiger partial charge < -0.3 is 15.4 Å². The first kappa shape index (κ1) is 19.3. The van der Waals surface area contributed by atoms with E-state index in [2.05, 4.69) is 35.3 Å². The Labute approximate surface area is 180 Å². The molecule has 4 N–H and O–H groups in total. The van der Waals surface area contributed by atoms with Crippen molar-refractivity contribution in [1.29, 1.82) is 0 Å². The molecular weight excluding hydrogens is 420 g/mol. The van der Waals surface area contributed by atoms with Crippen molar-refractivity contribution in [2.45, 2.75) is 31.8 Å². The van der Waals surface area contributed by atoms with E-state index in [0.29, 0.717) is 27.5 Å². The van der Waals surface area contributed by atoms with Crippen molar-refractivity contribution in [3.8, 4) is 5.88 Å². The van der Waals surface area contributed by atoms with Crippen molar-refractivity contribution in [2.24, 2.45) is 4.99 Å². The number of benzene rings is 1. The lowest BCUT2D eigenvalue weighted by Crippen LogP contribution is -2.25. The maximum Gasteiger partial charge on any atom is 0.326 e. The molecule has 0 saturated heterocycles. The molecule has 0 amide bonds. The van der Waals surface area contributed by atoms with Gasteiger partial charge in [0, 0.05) is 10.2 Å². The summed E-state index contributed by atoms with van der Waals surface area (Å²) < 4.78 is 1.55. The largest absolute Gasteiger partial charge is 0.493 e. The van der Waals surface area contributed by atoms with Gasteiger partial charge in [0.15, 0.2) is 5.65 Å². The van der Waals surface area contributed by atoms with Crippen molar-refractivity contribution < 1.29 is 5.11 Å². The Balaban J connectivity index is 1.63. The second-order valence-corrected chi connectivity index (χ2v) is 7.82. The molecule has 0 radical (unpaired) electrons. The van der Waals surface area contributed by atoms with Crippen molar-refractivity contribution in [1.82, 2.24) is 29.5 Å². The summed E-state index contributed by atoms with van der Waals surface area (Å²) in [6, 6.07) is 7.66. The minimum absolute atomic E-state index is 0.148. The number of hydrogen-bond acceptors (Lipinski definition) is 7. The zero-order valence-corrected chi connectivity index (χ0v) is 17.3. The Bertz CT molecular complexity index is 1450. The number of rotatable bonds is 5. The van der Waals surface area contributed by atoms with Crippen LogP contribution in [0.25, 0.3) is 11.7 Å². The van der Waals surface area contributed by atoms with Crippen LogP contribution in [0.1, 0.15) is 37.1 Å². The number of fused-ring (bicyclic) bond motifs is 1. The summed E-state index contributed by atoms with van der Waals surface area (Å²) in [5.74, 6) is 0.119. The van der Waals surface area contributed by atoms with Crippen LogP contribution < -0.4 is 21.8 Å². The average Bonchev–Trinajstić information content (AvgIpc) is 3.37. The van der Waals surface area contributed by atoms with Gasteiger partial charge in [-0.25, -0.2) is 9.79 Å². The Morgan fingerprint density at radius 2 is 2.13 bits per heavy atom. The smallest absolute Gasteiger partial charge is 0.326 e. The summed E-state index contributed by atoms with van der Waals surface area (Å²) >= 11 is 6.33. The summed E-state index contributed by atoms with van der Waals surface area (Å²) in [4.78, 5) is 30.1. The Morgan fingerprint density at radius 3 is 2.84 bits per heavy atom. The molecule has 10 nitrogen and oxygen atoms in total. The summed E-state index contributed by atoms with van der Waals surface area (Å²) in [7, 11) is 0. The van der Waals surface area contributed by atoms with E-state index >= 15 is 0 Å². The summed E-state index contributed by atoms with van der Waals surface area (Å²) in [6.07, 6.45) is 5.21. The highest BCUT2D eigenvalue weighted by Crippen LogP contribution is 2.25. The van der Waals surface area contributed by atoms with Gasteiger partial charge in [0.05, 0.1) is 18.3 Å². The second kappa shape index (κ2) is 7.55. The first-order chi connectivity index (χ1) is 15.0. The molecule has 158 valence electrons. The van der Waals surface area contributed by atoms with Gasteiger partial charge >= 0.3 is 5.69 Å². The number of nitrogens with zero attached hydrogens (tertiary/aromatic N) is 5. The zero-order valence-electron chi connectivity index (χ0n) is 16.5. The van der Waals surface area contributed by atoms with Crippen molar-refractivity contribution >= 4 is 29.3 Å². The normalized spacial score (nSPS) is 16.2. The molecule has 1 unspecified atom stereocenters. The van der Waals surface area contributed by atoms with Crippen LogP contribution in [0.4, 0.5) is 5.95 Å². The monoisotopic (exact) mass is 438 g/mol. The lowest BCUT2D eigenvalue weighted by Gasteiger charge is -2.15. The first-order valence-corrected chi connectivity index (χ1v) is 10.2. The summed E-state index contributed by atoms with van der Waals surface area (Å²) in [5.41, 5.74) is 1.58. The van der Waals surface area contributed by atoms with Crippen LogP contribution in [0, 0.1) is 0 Å². The van der Waals surface area contributed by atoms with Crippen LogP contribution in [0.15, 0.2) is 40.2 Å². The molecule has 31 heavy (non-hydrogen) atoms. The minimum Gasteiger partial charge on any atom is -0.493 e. The predicted molar refractivity (Wildman–Crippen MR) is 115 cm³/mol. The summed E-state index contributed by atoms with van der Waals surface area (Å²) in [6.45, 7) is 1.97. The Morgan fingerprint density at radius 1 is 1.32 bits per heavy atom. The SMILES string of the molecule is CC(Nc1nc(=NC2CC2)n2nc/c(=C/c3[nH]c(=O)[nH]c3O)c2n1)c1ccccc1Cl. The lowest BCUT2D eigenvalue weighted by molar-refractivity contribution is 0.454. The van der Waals surface area contributed by atoms with Crippen LogP contribution in [-0.4, -0.2) is 40.7 Å². The van der Waals surface area contributed by atoms with Gasteiger partial charge in [0.25, 0.3) is 5.62 Å². The lowest BCUT2D eigenvalue weighted by atomic mass is 10.1. The van der Waals surface area contributed by atoms with Gasteiger partial charge in [-0.1, -0.05) is 29.8 Å². The summed E-state index contributed by atoms with van der Waals surface area (Å²) in [5, 5.41) is 18.8. The topological polar surface area (TPSA) is 136 Å². The highest BCUT2D eigenvalue weighted by molar-refractivity contribution is 6.31. The average molecular weight is 439 g/mol. The third-order valence-electron chi connectivity index (χ3n) is 4.98. The number of aromatic amines is 2. The van der Waals surface area contributed by atoms with Crippen molar-refractivity contribution in [3.05, 3.63) is 68.1 Å². The van der Waals surface area contributed by atoms with Gasteiger partial charge in [0.2, 0.25) is 11.8 Å². The van der Waals surface area contributed by atoms with Crippen molar-refractivity contribution in [2.75, 3.05) is 5.32 Å². The van der Waals surface area contributed by atoms with Gasteiger partial charge in [-0.3, -0.25) is 4.98 Å². The molecule has 0 aliphatic heterocycles. The molecule has 1 aliphatic carbocycles. The van der Waals surface area contributed by atoms with E-state index in [4.69, 9.17) is 11.6 Å². The molecule has 1 aromatic carbocycles. The van der Waals surface area contributed by atoms with E-state index in [0.717, 1.165) is 18.4 Å². The van der Waals surface area contributed by atoms with Gasteiger partial charge in [-0.2, -0.15) is 19.6 Å². The van der Waals surface area contributed by atoms with E-state index in [1.54, 1.807) is 16.8 Å². The van der Waals surface area contributed by atoms with Crippen LogP contribution in [0.3, 0.4) is 0 Å². The molecule has 5 rings (SSSR count). The second-order valence-electron chi connectivity index (χ2n) is 7.42. The van der Waals surface area contributed by atoms with Crippen molar-refractivity contribution in [3.63, 3.8) is 0 Å². The molecule has 1 atom stereocenters. The third kappa shape index (κ3) is 3.89. The fourth-order valence-corrected chi connectivity index (χ4v) is 3.54. The maximum absolute atomic E-state index is 11.4. The number of H-pyrrole nitrogens is 2. The molecule has 4 aromatic rings. The molecule has 11 heteroatoms. The Kier molecular flexibility index (Phi) is 4.70. The van der Waals surface area contributed by atoms with E-state index in [1.165, 1.54) is 0 Å². The molecule has 0 spiro atoms. The van der Waals surface area contributed by atoms with E-state index in [1.807, 2.05) is 31.2 Å². The number of imidazole rings is 1. The fourth-order valence-electron chi connectivity index (χ4n) is 3.24. The number of nitrogens with one attached hydrogen (secondary N) is 3. The molecular formula is C20H19ClN8O2. The van der Waals surface area contributed by atoms with E-state index in [-0.39, 0.29) is 23.7 Å². The van der Waals surface area contributed by atoms with E-state index in [9.17, 15) is 9.90 Å². The van der Waals surface area contributed by atoms with Gasteiger partial charge in [0.1, 0.15) is 5.69 Å². The molecule has 3 aromatic heterocycles. The van der Waals surface area contributed by atoms with Gasteiger partial charge in [-0.05, 0) is 37.5 Å². The quantitative estimate of drug-likeness (QED) is 0.370. The highest BCUT2D eigenvalue weighted by Gasteiger charge is 2.21. The molecule has 1 aliphatic rings. The van der Waals surface area contributed by atoms with Gasteiger partial charge in [-0.15, -0.1) is 0 Å². The zero-order chi connectivity index (χ0) is 21.5. The molecule has 1 saturated carbocycles. The standard InChI is InChI=1S/C20H19ClN8O2/c1-10(13-4-2-3-5-14(13)21)23-18-26-16-11(8-15-17(30)27-20(31)25-15)9-22-29(16)19(28-18)24-12-6-7-12/h2-5,8-10,12,30H,6-7H2,1H3,(H,23,24,28)(H2,25,27,31)/b11-8-. The number of hydrogen-bond donors (Lipinski definition) is 4. The van der Waals surface area contributed by atoms with E-state index < -0.39 is 5.69 Å². The first-order valence-electron chi connectivity index (χ1n) is 9.81. The molecule has 3 heterocycles. The van der Waals surface area contributed by atoms with Crippen LogP contribution in [0.5, 0.6) is 5.88 Å². The van der Waals surface area contributed by atoms with Crippen LogP contribution >= 0.6 is 11.6 Å². The fraction of sp³-hybridized carbons (Fsp3) is 0.250. The molecule has 0 bridgehead atoms.